The second kappa shape index (κ2) is 4.55. The van der Waals surface area contributed by atoms with E-state index in [2.05, 4.69) is 41.3 Å². The third kappa shape index (κ3) is 2.05. The summed E-state index contributed by atoms with van der Waals surface area (Å²) in [7, 11) is 0. The fourth-order valence-corrected chi connectivity index (χ4v) is 3.21. The molecule has 1 aliphatic heterocycles. The summed E-state index contributed by atoms with van der Waals surface area (Å²) in [6, 6.07) is 12.5. The summed E-state index contributed by atoms with van der Waals surface area (Å²) in [5.74, 6) is 2.06. The van der Waals surface area contributed by atoms with Crippen molar-refractivity contribution >= 4 is 16.9 Å². The van der Waals surface area contributed by atoms with Crippen LogP contribution in [0.4, 0.5) is 5.95 Å². The largest absolute Gasteiger partial charge is 0.366 e. The summed E-state index contributed by atoms with van der Waals surface area (Å²) >= 11 is 0. The molecule has 3 heterocycles. The molecule has 0 fully saturated rings. The predicted octanol–water partition coefficient (Wildman–Crippen LogP) is 2.70. The molecule has 3 aromatic rings. The van der Waals surface area contributed by atoms with Crippen molar-refractivity contribution in [1.82, 2.24) is 19.7 Å². The van der Waals surface area contributed by atoms with E-state index >= 15 is 0 Å². The lowest BCUT2D eigenvalue weighted by Gasteiger charge is -2.26. The Morgan fingerprint density at radius 2 is 2.00 bits per heavy atom. The zero-order chi connectivity index (χ0) is 14.4. The highest BCUT2D eigenvalue weighted by Gasteiger charge is 2.28. The number of nitrogens with zero attached hydrogens (tertiary/aromatic N) is 4. The van der Waals surface area contributed by atoms with E-state index in [9.17, 15) is 0 Å². The van der Waals surface area contributed by atoms with E-state index < -0.39 is 0 Å². The average molecular weight is 279 g/mol. The first-order chi connectivity index (χ1) is 10.2. The standard InChI is InChI=1S/C16H17N5/c1-10-8-12(9-21-15(10)19-16(17)20-21)14-7-6-11-4-2-3-5-13(11)18-14/h2-7,10,12H,8-9H2,1H3,(H2,17,20). The molecular formula is C16H17N5. The van der Waals surface area contributed by atoms with Crippen LogP contribution in [0.15, 0.2) is 36.4 Å². The van der Waals surface area contributed by atoms with E-state index in [1.165, 1.54) is 5.39 Å². The lowest BCUT2D eigenvalue weighted by Crippen LogP contribution is -2.23. The summed E-state index contributed by atoms with van der Waals surface area (Å²) in [6.07, 6.45) is 1.03. The number of hydrogen-bond acceptors (Lipinski definition) is 4. The predicted molar refractivity (Wildman–Crippen MR) is 82.0 cm³/mol. The minimum absolute atomic E-state index is 0.349. The van der Waals surface area contributed by atoms with Crippen molar-refractivity contribution in [1.29, 1.82) is 0 Å². The molecule has 2 aromatic heterocycles. The molecule has 0 aliphatic carbocycles. The van der Waals surface area contributed by atoms with Crippen molar-refractivity contribution < 1.29 is 0 Å². The van der Waals surface area contributed by atoms with E-state index in [0.29, 0.717) is 17.8 Å². The van der Waals surface area contributed by atoms with E-state index in [1.807, 2.05) is 16.8 Å². The maximum atomic E-state index is 5.72. The van der Waals surface area contributed by atoms with Crippen molar-refractivity contribution in [3.63, 3.8) is 0 Å². The smallest absolute Gasteiger partial charge is 0.239 e. The normalized spacial score (nSPS) is 21.4. The van der Waals surface area contributed by atoms with Gasteiger partial charge in [-0.25, -0.2) is 4.68 Å². The van der Waals surface area contributed by atoms with Crippen molar-refractivity contribution in [3.8, 4) is 0 Å². The summed E-state index contributed by atoms with van der Waals surface area (Å²) in [4.78, 5) is 9.14. The van der Waals surface area contributed by atoms with Gasteiger partial charge in [0.1, 0.15) is 5.82 Å². The Morgan fingerprint density at radius 1 is 1.14 bits per heavy atom. The first kappa shape index (κ1) is 12.3. The minimum atomic E-state index is 0.349. The van der Waals surface area contributed by atoms with Crippen LogP contribution < -0.4 is 5.73 Å². The van der Waals surface area contributed by atoms with Gasteiger partial charge >= 0.3 is 0 Å². The van der Waals surface area contributed by atoms with Crippen LogP contribution in [-0.4, -0.2) is 19.7 Å². The molecule has 0 saturated carbocycles. The molecule has 0 saturated heterocycles. The molecule has 0 amide bonds. The lowest BCUT2D eigenvalue weighted by atomic mass is 9.89. The Kier molecular flexibility index (Phi) is 2.67. The van der Waals surface area contributed by atoms with Crippen molar-refractivity contribution in [2.45, 2.75) is 31.7 Å². The summed E-state index contributed by atoms with van der Waals surface area (Å²) < 4.78 is 1.94. The molecule has 1 aliphatic rings. The van der Waals surface area contributed by atoms with Crippen LogP contribution in [0.1, 0.15) is 36.7 Å². The lowest BCUT2D eigenvalue weighted by molar-refractivity contribution is 0.378. The third-order valence-electron chi connectivity index (χ3n) is 4.23. The van der Waals surface area contributed by atoms with Gasteiger partial charge in [0.2, 0.25) is 5.95 Å². The quantitative estimate of drug-likeness (QED) is 0.743. The Balaban J connectivity index is 1.73. The number of benzene rings is 1. The van der Waals surface area contributed by atoms with Crippen LogP contribution in [0.2, 0.25) is 0 Å². The Bertz CT molecular complexity index is 807. The van der Waals surface area contributed by atoms with Crippen molar-refractivity contribution in [2.75, 3.05) is 5.73 Å². The van der Waals surface area contributed by atoms with Crippen LogP contribution in [0.5, 0.6) is 0 Å². The Labute approximate surface area is 122 Å². The summed E-state index contributed by atoms with van der Waals surface area (Å²) in [5.41, 5.74) is 7.89. The zero-order valence-electron chi connectivity index (χ0n) is 11.9. The van der Waals surface area contributed by atoms with Gasteiger partial charge in [-0.3, -0.25) is 4.98 Å². The molecule has 4 rings (SSSR count). The number of rotatable bonds is 1. The molecular weight excluding hydrogens is 262 g/mol. The van der Waals surface area contributed by atoms with Crippen LogP contribution in [0.25, 0.3) is 10.9 Å². The number of hydrogen-bond donors (Lipinski definition) is 1. The molecule has 0 bridgehead atoms. The highest BCUT2D eigenvalue weighted by Crippen LogP contribution is 2.35. The number of nitrogens with two attached hydrogens (primary N) is 1. The first-order valence-electron chi connectivity index (χ1n) is 7.26. The van der Waals surface area contributed by atoms with E-state index in [-0.39, 0.29) is 0 Å². The first-order valence-corrected chi connectivity index (χ1v) is 7.26. The van der Waals surface area contributed by atoms with Gasteiger partial charge < -0.3 is 5.73 Å². The number of aromatic nitrogens is 4. The van der Waals surface area contributed by atoms with Crippen LogP contribution >= 0.6 is 0 Å². The number of anilines is 1. The zero-order valence-corrected chi connectivity index (χ0v) is 11.9. The van der Waals surface area contributed by atoms with E-state index in [0.717, 1.165) is 30.0 Å². The number of nitrogen functional groups attached to an aromatic ring is 1. The fraction of sp³-hybridized carbons (Fsp3) is 0.312. The molecule has 0 radical (unpaired) electrons. The molecule has 106 valence electrons. The van der Waals surface area contributed by atoms with Gasteiger partial charge in [-0.05, 0) is 18.6 Å². The van der Waals surface area contributed by atoms with Gasteiger partial charge in [0.25, 0.3) is 0 Å². The molecule has 0 spiro atoms. The Morgan fingerprint density at radius 3 is 2.90 bits per heavy atom. The second-order valence-corrected chi connectivity index (χ2v) is 5.77. The maximum absolute atomic E-state index is 5.72. The van der Waals surface area contributed by atoms with Crippen LogP contribution in [0, 0.1) is 0 Å². The van der Waals surface area contributed by atoms with Crippen molar-refractivity contribution in [3.05, 3.63) is 47.9 Å². The molecule has 21 heavy (non-hydrogen) atoms. The SMILES string of the molecule is CC1CC(c2ccc3ccccc3n2)Cn2nc(N)nc21. The number of pyridine rings is 1. The van der Waals surface area contributed by atoms with Gasteiger partial charge in [-0.15, -0.1) is 5.10 Å². The monoisotopic (exact) mass is 279 g/mol. The van der Waals surface area contributed by atoms with Crippen LogP contribution in [0.3, 0.4) is 0 Å². The summed E-state index contributed by atoms with van der Waals surface area (Å²) in [6.45, 7) is 2.97. The Hall–Kier alpha value is -2.43. The third-order valence-corrected chi connectivity index (χ3v) is 4.23. The fourth-order valence-electron chi connectivity index (χ4n) is 3.21. The minimum Gasteiger partial charge on any atom is -0.366 e. The van der Waals surface area contributed by atoms with Gasteiger partial charge in [-0.1, -0.05) is 31.2 Å². The van der Waals surface area contributed by atoms with Gasteiger partial charge in [0.05, 0.1) is 12.1 Å². The second-order valence-electron chi connectivity index (χ2n) is 5.77. The topological polar surface area (TPSA) is 69.6 Å². The summed E-state index contributed by atoms with van der Waals surface area (Å²) in [5, 5.41) is 5.47. The molecule has 2 N–H and O–H groups in total. The molecule has 5 heteroatoms. The highest BCUT2D eigenvalue weighted by molar-refractivity contribution is 5.78. The van der Waals surface area contributed by atoms with E-state index in [4.69, 9.17) is 10.7 Å². The molecule has 2 unspecified atom stereocenters. The van der Waals surface area contributed by atoms with Gasteiger partial charge in [-0.2, -0.15) is 4.98 Å². The number of fused-ring (bicyclic) bond motifs is 2. The maximum Gasteiger partial charge on any atom is 0.239 e. The van der Waals surface area contributed by atoms with Gasteiger partial charge in [0, 0.05) is 22.9 Å². The van der Waals surface area contributed by atoms with Gasteiger partial charge in [0.15, 0.2) is 0 Å². The number of para-hydroxylation sites is 1. The van der Waals surface area contributed by atoms with Crippen LogP contribution in [-0.2, 0) is 6.54 Å². The highest BCUT2D eigenvalue weighted by atomic mass is 15.4. The molecule has 2 atom stereocenters. The average Bonchev–Trinajstić information content (AvgIpc) is 2.88. The molecule has 1 aromatic carbocycles. The molecule has 5 nitrogen and oxygen atoms in total. The van der Waals surface area contributed by atoms with Crippen molar-refractivity contribution in [2.24, 2.45) is 0 Å². The van der Waals surface area contributed by atoms with E-state index in [1.54, 1.807) is 0 Å².